The lowest BCUT2D eigenvalue weighted by Crippen LogP contribution is -2.49. The van der Waals surface area contributed by atoms with Gasteiger partial charge in [0.15, 0.2) is 0 Å². The van der Waals surface area contributed by atoms with Gasteiger partial charge in [-0.2, -0.15) is 4.31 Å². The van der Waals surface area contributed by atoms with E-state index in [2.05, 4.69) is 21.2 Å². The van der Waals surface area contributed by atoms with Gasteiger partial charge < -0.3 is 5.32 Å². The van der Waals surface area contributed by atoms with Crippen LogP contribution in [0.5, 0.6) is 0 Å². The molecule has 9 heteroatoms. The Hall–Kier alpha value is -0.340. The molecule has 0 aromatic heterocycles. The van der Waals surface area contributed by atoms with Crippen LogP contribution in [0.3, 0.4) is 0 Å². The number of sulfonamides is 1. The van der Waals surface area contributed by atoms with Crippen molar-refractivity contribution < 1.29 is 13.2 Å². The number of hydrogen-bond donors (Lipinski definition) is 1. The normalized spacial score (nSPS) is 17.3. The third-order valence-corrected chi connectivity index (χ3v) is 5.79. The first-order valence-corrected chi connectivity index (χ1v) is 8.22. The van der Waals surface area contributed by atoms with Crippen LogP contribution >= 0.6 is 39.1 Å². The molecule has 0 radical (unpaired) electrons. The average molecular weight is 388 g/mol. The summed E-state index contributed by atoms with van der Waals surface area (Å²) in [6, 6.07) is 2.90. The zero-order valence-electron chi connectivity index (χ0n) is 9.49. The highest BCUT2D eigenvalue weighted by Crippen LogP contribution is 2.34. The van der Waals surface area contributed by atoms with E-state index in [0.29, 0.717) is 4.47 Å². The van der Waals surface area contributed by atoms with E-state index in [1.807, 2.05) is 0 Å². The Balaban J connectivity index is 2.48. The Kier molecular flexibility index (Phi) is 4.42. The van der Waals surface area contributed by atoms with Gasteiger partial charge in [0.25, 0.3) is 0 Å². The molecular weight excluding hydrogens is 379 g/mol. The highest BCUT2D eigenvalue weighted by Gasteiger charge is 2.32. The fourth-order valence-corrected chi connectivity index (χ4v) is 5.01. The molecule has 0 saturated carbocycles. The van der Waals surface area contributed by atoms with Crippen LogP contribution in [0.1, 0.15) is 0 Å². The molecule has 0 unspecified atom stereocenters. The average Bonchev–Trinajstić information content (AvgIpc) is 2.26. The molecule has 1 aromatic carbocycles. The fraction of sp³-hybridized carbons (Fsp3) is 0.300. The van der Waals surface area contributed by atoms with Gasteiger partial charge in [-0.25, -0.2) is 8.42 Å². The number of rotatable bonds is 2. The Morgan fingerprint density at radius 3 is 2.37 bits per heavy atom. The molecule has 0 spiro atoms. The van der Waals surface area contributed by atoms with Gasteiger partial charge in [-0.15, -0.1) is 0 Å². The van der Waals surface area contributed by atoms with E-state index in [1.54, 1.807) is 0 Å². The van der Waals surface area contributed by atoms with Crippen LogP contribution in [0.4, 0.5) is 0 Å². The van der Waals surface area contributed by atoms with Crippen molar-refractivity contribution in [3.8, 4) is 0 Å². The second kappa shape index (κ2) is 5.57. The van der Waals surface area contributed by atoms with Crippen LogP contribution in [0.25, 0.3) is 0 Å². The van der Waals surface area contributed by atoms with Crippen molar-refractivity contribution in [3.63, 3.8) is 0 Å². The monoisotopic (exact) mass is 386 g/mol. The van der Waals surface area contributed by atoms with E-state index in [1.165, 1.54) is 12.1 Å². The Bertz CT molecular complexity index is 613. The van der Waals surface area contributed by atoms with Gasteiger partial charge in [0, 0.05) is 17.6 Å². The summed E-state index contributed by atoms with van der Waals surface area (Å²) in [5.74, 6) is -0.348. The molecule has 0 aliphatic carbocycles. The first kappa shape index (κ1) is 15.1. The van der Waals surface area contributed by atoms with Gasteiger partial charge in [0.2, 0.25) is 15.9 Å². The molecule has 1 heterocycles. The van der Waals surface area contributed by atoms with Gasteiger partial charge in [0.1, 0.15) is 4.90 Å². The summed E-state index contributed by atoms with van der Waals surface area (Å²) in [5.41, 5.74) is 0. The van der Waals surface area contributed by atoms with Crippen molar-refractivity contribution in [2.45, 2.75) is 4.90 Å². The number of nitrogens with one attached hydrogen (secondary N) is 1. The Labute approximate surface area is 129 Å². The van der Waals surface area contributed by atoms with Crippen molar-refractivity contribution in [1.29, 1.82) is 0 Å². The number of nitrogens with zero attached hydrogens (tertiary/aromatic N) is 1. The molecule has 104 valence electrons. The molecule has 1 fully saturated rings. The maximum absolute atomic E-state index is 12.4. The number of carbonyl (C=O) groups is 1. The predicted octanol–water partition coefficient (Wildman–Crippen LogP) is 1.88. The second-order valence-electron chi connectivity index (χ2n) is 3.89. The highest BCUT2D eigenvalue weighted by molar-refractivity contribution is 9.10. The van der Waals surface area contributed by atoms with Crippen molar-refractivity contribution in [2.24, 2.45) is 0 Å². The largest absolute Gasteiger partial charge is 0.354 e. The first-order chi connectivity index (χ1) is 8.82. The molecule has 0 atom stereocenters. The minimum Gasteiger partial charge on any atom is -0.354 e. The fourth-order valence-electron chi connectivity index (χ4n) is 1.72. The quantitative estimate of drug-likeness (QED) is 0.842. The van der Waals surface area contributed by atoms with Crippen LogP contribution < -0.4 is 5.32 Å². The lowest BCUT2D eigenvalue weighted by molar-refractivity contribution is -0.122. The van der Waals surface area contributed by atoms with Gasteiger partial charge in [-0.1, -0.05) is 39.1 Å². The molecule has 5 nitrogen and oxygen atoms in total. The molecule has 1 aliphatic rings. The van der Waals surface area contributed by atoms with Crippen LogP contribution in [0.2, 0.25) is 10.0 Å². The molecule has 1 aromatic rings. The number of amides is 1. The summed E-state index contributed by atoms with van der Waals surface area (Å²) in [6.07, 6.45) is 0. The molecular formula is C10H9BrCl2N2O3S. The zero-order valence-corrected chi connectivity index (χ0v) is 13.4. The lowest BCUT2D eigenvalue weighted by atomic mass is 10.4. The van der Waals surface area contributed by atoms with E-state index in [4.69, 9.17) is 23.2 Å². The third-order valence-electron chi connectivity index (χ3n) is 2.56. The first-order valence-electron chi connectivity index (χ1n) is 5.24. The molecule has 0 bridgehead atoms. The van der Waals surface area contributed by atoms with E-state index in [-0.39, 0.29) is 40.5 Å². The van der Waals surface area contributed by atoms with Gasteiger partial charge in [-0.3, -0.25) is 4.79 Å². The molecule has 1 aliphatic heterocycles. The summed E-state index contributed by atoms with van der Waals surface area (Å²) in [4.78, 5) is 11.1. The summed E-state index contributed by atoms with van der Waals surface area (Å²) in [7, 11) is -3.89. The molecule has 1 saturated heterocycles. The van der Waals surface area contributed by atoms with Crippen LogP contribution in [-0.4, -0.2) is 38.3 Å². The minimum atomic E-state index is -3.89. The van der Waals surface area contributed by atoms with Crippen LogP contribution in [0.15, 0.2) is 21.5 Å². The van der Waals surface area contributed by atoms with E-state index >= 15 is 0 Å². The number of hydrogen-bond acceptors (Lipinski definition) is 3. The topological polar surface area (TPSA) is 66.5 Å². The standard InChI is InChI=1S/C10H9BrCl2N2O3S/c11-6-3-7(12)10(8(13)4-6)19(17,18)15-2-1-14-9(16)5-15/h3-4H,1-2,5H2,(H,14,16). The highest BCUT2D eigenvalue weighted by atomic mass is 79.9. The third kappa shape index (κ3) is 3.05. The number of benzene rings is 1. The summed E-state index contributed by atoms with van der Waals surface area (Å²) >= 11 is 15.1. The Morgan fingerprint density at radius 2 is 1.84 bits per heavy atom. The van der Waals surface area contributed by atoms with Crippen molar-refractivity contribution in [3.05, 3.63) is 26.7 Å². The van der Waals surface area contributed by atoms with Gasteiger partial charge in [-0.05, 0) is 12.1 Å². The van der Waals surface area contributed by atoms with Crippen LogP contribution in [0, 0.1) is 0 Å². The zero-order chi connectivity index (χ0) is 14.2. The van der Waals surface area contributed by atoms with Crippen molar-refractivity contribution in [1.82, 2.24) is 9.62 Å². The van der Waals surface area contributed by atoms with Crippen molar-refractivity contribution in [2.75, 3.05) is 19.6 Å². The lowest BCUT2D eigenvalue weighted by Gasteiger charge is -2.26. The van der Waals surface area contributed by atoms with Crippen LogP contribution in [-0.2, 0) is 14.8 Å². The van der Waals surface area contributed by atoms with E-state index < -0.39 is 10.0 Å². The maximum Gasteiger partial charge on any atom is 0.246 e. The Morgan fingerprint density at radius 1 is 1.26 bits per heavy atom. The number of halogens is 3. The number of piperazine rings is 1. The van der Waals surface area contributed by atoms with Crippen molar-refractivity contribution >= 4 is 55.1 Å². The van der Waals surface area contributed by atoms with E-state index in [0.717, 1.165) is 4.31 Å². The molecule has 19 heavy (non-hydrogen) atoms. The number of carbonyl (C=O) groups excluding carboxylic acids is 1. The maximum atomic E-state index is 12.4. The smallest absolute Gasteiger partial charge is 0.246 e. The van der Waals surface area contributed by atoms with Gasteiger partial charge >= 0.3 is 0 Å². The predicted molar refractivity (Wildman–Crippen MR) is 75.9 cm³/mol. The summed E-state index contributed by atoms with van der Waals surface area (Å²) in [5, 5.41) is 2.59. The minimum absolute atomic E-state index is 0.0188. The van der Waals surface area contributed by atoms with E-state index in [9.17, 15) is 13.2 Å². The molecule has 1 amide bonds. The molecule has 1 N–H and O–H groups in total. The summed E-state index contributed by atoms with van der Waals surface area (Å²) in [6.45, 7) is 0.228. The molecule has 2 rings (SSSR count). The SMILES string of the molecule is O=C1CN(S(=O)(=O)c2c(Cl)cc(Br)cc2Cl)CCN1. The second-order valence-corrected chi connectivity index (χ2v) is 7.49. The summed E-state index contributed by atoms with van der Waals surface area (Å²) < 4.78 is 26.5. The van der Waals surface area contributed by atoms with Gasteiger partial charge in [0.05, 0.1) is 16.6 Å².